The molecule has 1 saturated heterocycles. The topological polar surface area (TPSA) is 121 Å². The van der Waals surface area contributed by atoms with Crippen LogP contribution in [0.15, 0.2) is 18.2 Å². The van der Waals surface area contributed by atoms with E-state index >= 15 is 0 Å². The third kappa shape index (κ3) is 2.26. The van der Waals surface area contributed by atoms with Crippen LogP contribution in [-0.2, 0) is 9.59 Å². The summed E-state index contributed by atoms with van der Waals surface area (Å²) in [6.07, 6.45) is 0.678. The Bertz CT molecular complexity index is 784. The molecule has 1 atom stereocenters. The number of carbonyl (C=O) groups excluding carboxylic acids is 2. The number of aromatic amines is 1. The molecule has 2 amide bonds. The molecule has 9 nitrogen and oxygen atoms in total. The molecule has 2 heterocycles. The highest BCUT2D eigenvalue weighted by atomic mass is 16.6. The molecule has 0 bridgehead atoms. The molecule has 3 rings (SSSR count). The molecule has 2 aromatic rings. The lowest BCUT2D eigenvalue weighted by molar-refractivity contribution is -0.384. The third-order valence-corrected chi connectivity index (χ3v) is 3.75. The predicted molar refractivity (Wildman–Crippen MR) is 77.3 cm³/mol. The Morgan fingerprint density at radius 3 is 2.86 bits per heavy atom. The maximum Gasteiger partial charge on any atom is 0.271 e. The van der Waals surface area contributed by atoms with Crippen molar-refractivity contribution in [3.63, 3.8) is 0 Å². The summed E-state index contributed by atoms with van der Waals surface area (Å²) in [6, 6.07) is 3.87. The van der Waals surface area contributed by atoms with Gasteiger partial charge >= 0.3 is 0 Å². The number of hydrogen-bond acceptors (Lipinski definition) is 6. The number of likely N-dealkylation sites (N-methyl/N-ethyl adjacent to an activating group) is 1. The monoisotopic (exact) mass is 303 g/mol. The van der Waals surface area contributed by atoms with Crippen molar-refractivity contribution < 1.29 is 14.5 Å². The first kappa shape index (κ1) is 14.0. The summed E-state index contributed by atoms with van der Waals surface area (Å²) in [5.41, 5.74) is 0.481. The van der Waals surface area contributed by atoms with Crippen LogP contribution in [0, 0.1) is 10.1 Å². The minimum atomic E-state index is -0.501. The highest BCUT2D eigenvalue weighted by Gasteiger charge is 2.31. The molecule has 0 spiro atoms. The van der Waals surface area contributed by atoms with Crippen molar-refractivity contribution in [2.24, 2.45) is 0 Å². The lowest BCUT2D eigenvalue weighted by atomic mass is 10.0. The molecule has 9 heteroatoms. The number of nitro benzene ring substituents is 1. The fraction of sp³-hybridized carbons (Fsp3) is 0.308. The van der Waals surface area contributed by atoms with Gasteiger partial charge in [-0.2, -0.15) is 5.10 Å². The van der Waals surface area contributed by atoms with Crippen LogP contribution in [0.1, 0.15) is 12.8 Å². The molecule has 1 fully saturated rings. The molecular formula is C13H13N5O4. The first-order chi connectivity index (χ1) is 10.5. The summed E-state index contributed by atoms with van der Waals surface area (Å²) in [5.74, 6) is -0.131. The van der Waals surface area contributed by atoms with Crippen molar-refractivity contribution in [3.8, 4) is 0 Å². The third-order valence-electron chi connectivity index (χ3n) is 3.75. The first-order valence-electron chi connectivity index (χ1n) is 6.66. The van der Waals surface area contributed by atoms with E-state index in [0.717, 1.165) is 0 Å². The van der Waals surface area contributed by atoms with Gasteiger partial charge in [-0.25, -0.2) is 0 Å². The standard InChI is InChI=1S/C13H13N5O4/c1-17(10-4-5-11(19)14-13(10)20)12-8-3-2-7(18(21)22)6-9(8)15-16-12/h2-3,6,10H,4-5H2,1H3,(H,15,16)(H,14,19,20). The second kappa shape index (κ2) is 5.10. The minimum absolute atomic E-state index is 0.0358. The van der Waals surface area contributed by atoms with E-state index in [2.05, 4.69) is 15.5 Å². The number of carbonyl (C=O) groups is 2. The molecule has 2 N–H and O–H groups in total. The van der Waals surface area contributed by atoms with Gasteiger partial charge in [-0.05, 0) is 12.5 Å². The average molecular weight is 303 g/mol. The number of aromatic nitrogens is 2. The summed E-state index contributed by atoms with van der Waals surface area (Å²) in [7, 11) is 1.71. The maximum atomic E-state index is 11.9. The Hall–Kier alpha value is -2.97. The minimum Gasteiger partial charge on any atom is -0.346 e. The lowest BCUT2D eigenvalue weighted by Crippen LogP contribution is -2.51. The molecule has 22 heavy (non-hydrogen) atoms. The second-order valence-electron chi connectivity index (χ2n) is 5.11. The van der Waals surface area contributed by atoms with Gasteiger partial charge in [0.05, 0.1) is 10.4 Å². The summed E-state index contributed by atoms with van der Waals surface area (Å²) >= 11 is 0. The van der Waals surface area contributed by atoms with Gasteiger partial charge in [0.2, 0.25) is 11.8 Å². The van der Waals surface area contributed by atoms with E-state index in [0.29, 0.717) is 23.1 Å². The molecule has 114 valence electrons. The van der Waals surface area contributed by atoms with Crippen molar-refractivity contribution >= 4 is 34.2 Å². The Kier molecular flexibility index (Phi) is 3.24. The van der Waals surface area contributed by atoms with Crippen LogP contribution in [0.3, 0.4) is 0 Å². The van der Waals surface area contributed by atoms with E-state index in [1.54, 1.807) is 18.0 Å². The van der Waals surface area contributed by atoms with Crippen LogP contribution in [0.2, 0.25) is 0 Å². The SMILES string of the molecule is CN(c1n[nH]c2cc([N+](=O)[O-])ccc12)C1CCC(=O)NC1=O. The number of imide groups is 1. The number of hydrogen-bond donors (Lipinski definition) is 2. The number of nitrogens with one attached hydrogen (secondary N) is 2. The van der Waals surface area contributed by atoms with E-state index in [-0.39, 0.29) is 23.9 Å². The zero-order valence-corrected chi connectivity index (χ0v) is 11.7. The average Bonchev–Trinajstić information content (AvgIpc) is 2.89. The number of benzene rings is 1. The number of nitrogens with zero attached hydrogens (tertiary/aromatic N) is 3. The van der Waals surface area contributed by atoms with Gasteiger partial charge < -0.3 is 4.90 Å². The number of piperidine rings is 1. The highest BCUT2D eigenvalue weighted by Crippen LogP contribution is 2.28. The van der Waals surface area contributed by atoms with Crippen LogP contribution in [0.25, 0.3) is 10.9 Å². The predicted octanol–water partition coefficient (Wildman–Crippen LogP) is 0.712. The zero-order valence-electron chi connectivity index (χ0n) is 11.7. The molecule has 1 aliphatic rings. The van der Waals surface area contributed by atoms with Gasteiger partial charge in [-0.3, -0.25) is 30.1 Å². The molecule has 1 aromatic carbocycles. The smallest absolute Gasteiger partial charge is 0.271 e. The molecule has 0 radical (unpaired) electrons. The van der Waals surface area contributed by atoms with Crippen LogP contribution >= 0.6 is 0 Å². The zero-order chi connectivity index (χ0) is 15.9. The van der Waals surface area contributed by atoms with Gasteiger partial charge in [0, 0.05) is 31.0 Å². The number of H-pyrrole nitrogens is 1. The number of rotatable bonds is 3. The largest absolute Gasteiger partial charge is 0.346 e. The van der Waals surface area contributed by atoms with E-state index in [1.165, 1.54) is 12.1 Å². The highest BCUT2D eigenvalue weighted by molar-refractivity contribution is 6.02. The summed E-state index contributed by atoms with van der Waals surface area (Å²) in [4.78, 5) is 35.1. The molecule has 1 aliphatic heterocycles. The van der Waals surface area contributed by atoms with Gasteiger partial charge in [0.25, 0.3) is 5.69 Å². The lowest BCUT2D eigenvalue weighted by Gasteiger charge is -2.29. The van der Waals surface area contributed by atoms with Gasteiger partial charge in [0.15, 0.2) is 5.82 Å². The quantitative estimate of drug-likeness (QED) is 0.489. The Morgan fingerprint density at radius 2 is 2.18 bits per heavy atom. The number of anilines is 1. The van der Waals surface area contributed by atoms with Crippen LogP contribution in [0.5, 0.6) is 0 Å². The number of amides is 2. The molecule has 1 aromatic heterocycles. The summed E-state index contributed by atoms with van der Waals surface area (Å²) in [6.45, 7) is 0. The van der Waals surface area contributed by atoms with Crippen molar-refractivity contribution in [2.75, 3.05) is 11.9 Å². The van der Waals surface area contributed by atoms with E-state index in [4.69, 9.17) is 0 Å². The fourth-order valence-electron chi connectivity index (χ4n) is 2.57. The molecule has 0 aliphatic carbocycles. The molecular weight excluding hydrogens is 290 g/mol. The van der Waals surface area contributed by atoms with Crippen molar-refractivity contribution in [1.29, 1.82) is 0 Å². The van der Waals surface area contributed by atoms with E-state index in [1.807, 2.05) is 0 Å². The van der Waals surface area contributed by atoms with Crippen molar-refractivity contribution in [1.82, 2.24) is 15.5 Å². The first-order valence-corrected chi connectivity index (χ1v) is 6.66. The summed E-state index contributed by atoms with van der Waals surface area (Å²) < 4.78 is 0. The maximum absolute atomic E-state index is 11.9. The fourth-order valence-corrected chi connectivity index (χ4v) is 2.57. The molecule has 0 saturated carbocycles. The van der Waals surface area contributed by atoms with E-state index < -0.39 is 11.0 Å². The van der Waals surface area contributed by atoms with Gasteiger partial charge in [0.1, 0.15) is 6.04 Å². The number of fused-ring (bicyclic) bond motifs is 1. The Balaban J connectivity index is 1.94. The van der Waals surface area contributed by atoms with Crippen molar-refractivity contribution in [2.45, 2.75) is 18.9 Å². The normalized spacial score (nSPS) is 18.3. The number of non-ortho nitro benzene ring substituents is 1. The van der Waals surface area contributed by atoms with Gasteiger partial charge in [-0.15, -0.1) is 0 Å². The van der Waals surface area contributed by atoms with Crippen LogP contribution < -0.4 is 10.2 Å². The Labute approximate surface area is 124 Å². The van der Waals surface area contributed by atoms with Crippen LogP contribution in [-0.4, -0.2) is 40.0 Å². The van der Waals surface area contributed by atoms with Crippen LogP contribution in [0.4, 0.5) is 11.5 Å². The second-order valence-corrected chi connectivity index (χ2v) is 5.11. The number of nitro groups is 1. The Morgan fingerprint density at radius 1 is 1.41 bits per heavy atom. The van der Waals surface area contributed by atoms with Crippen molar-refractivity contribution in [3.05, 3.63) is 28.3 Å². The summed E-state index contributed by atoms with van der Waals surface area (Å²) in [5, 5.41) is 20.6. The van der Waals surface area contributed by atoms with E-state index in [9.17, 15) is 19.7 Å². The van der Waals surface area contributed by atoms with Gasteiger partial charge in [-0.1, -0.05) is 0 Å². The molecule has 1 unspecified atom stereocenters.